The van der Waals surface area contributed by atoms with E-state index in [2.05, 4.69) is 24.3 Å². The predicted molar refractivity (Wildman–Crippen MR) is 72.8 cm³/mol. The first-order chi connectivity index (χ1) is 8.28. The lowest BCUT2D eigenvalue weighted by Gasteiger charge is -2.24. The summed E-state index contributed by atoms with van der Waals surface area (Å²) in [5.74, 6) is 0. The topological polar surface area (TPSA) is 44.8 Å². The number of likely N-dealkylation sites (N-methyl/N-ethyl adjacent to an activating group) is 1. The SMILES string of the molecule is CN(C)CCNC1CCN(C(=O)OC(C)(C)C)C1. The summed E-state index contributed by atoms with van der Waals surface area (Å²) in [6.45, 7) is 9.20. The molecule has 106 valence electrons. The van der Waals surface area contributed by atoms with Crippen LogP contribution in [0.1, 0.15) is 27.2 Å². The van der Waals surface area contributed by atoms with Crippen LogP contribution in [-0.2, 0) is 4.74 Å². The zero-order valence-electron chi connectivity index (χ0n) is 12.3. The highest BCUT2D eigenvalue weighted by molar-refractivity contribution is 5.68. The summed E-state index contributed by atoms with van der Waals surface area (Å²) in [6.07, 6.45) is 0.812. The lowest BCUT2D eigenvalue weighted by atomic mass is 10.2. The number of carbonyl (C=O) groups excluding carboxylic acids is 1. The van der Waals surface area contributed by atoms with Gasteiger partial charge in [-0.1, -0.05) is 0 Å². The molecule has 0 aromatic carbocycles. The molecule has 1 rings (SSSR count). The molecule has 1 atom stereocenters. The van der Waals surface area contributed by atoms with Gasteiger partial charge in [0.25, 0.3) is 0 Å². The third-order valence-electron chi connectivity index (χ3n) is 2.83. The fraction of sp³-hybridized carbons (Fsp3) is 0.923. The van der Waals surface area contributed by atoms with Crippen molar-refractivity contribution in [2.45, 2.75) is 38.8 Å². The van der Waals surface area contributed by atoms with Gasteiger partial charge in [-0.05, 0) is 41.3 Å². The van der Waals surface area contributed by atoms with E-state index in [-0.39, 0.29) is 6.09 Å². The van der Waals surface area contributed by atoms with Gasteiger partial charge in [0.2, 0.25) is 0 Å². The minimum atomic E-state index is -0.409. The van der Waals surface area contributed by atoms with E-state index < -0.39 is 5.60 Å². The van der Waals surface area contributed by atoms with Crippen molar-refractivity contribution >= 4 is 6.09 Å². The van der Waals surface area contributed by atoms with Gasteiger partial charge in [0.05, 0.1) is 0 Å². The van der Waals surface area contributed by atoms with Crippen LogP contribution in [-0.4, -0.2) is 67.8 Å². The fourth-order valence-electron chi connectivity index (χ4n) is 1.91. The van der Waals surface area contributed by atoms with E-state index in [1.54, 1.807) is 4.90 Å². The van der Waals surface area contributed by atoms with Crippen LogP contribution in [0.25, 0.3) is 0 Å². The largest absolute Gasteiger partial charge is 0.444 e. The number of rotatable bonds is 4. The fourth-order valence-corrected chi connectivity index (χ4v) is 1.91. The predicted octanol–water partition coefficient (Wildman–Crippen LogP) is 1.15. The Morgan fingerprint density at radius 3 is 2.67 bits per heavy atom. The molecule has 1 saturated heterocycles. The highest BCUT2D eigenvalue weighted by Gasteiger charge is 2.29. The molecule has 1 N–H and O–H groups in total. The van der Waals surface area contributed by atoms with Gasteiger partial charge >= 0.3 is 6.09 Å². The van der Waals surface area contributed by atoms with Gasteiger partial charge in [0, 0.05) is 32.2 Å². The van der Waals surface area contributed by atoms with Crippen LogP contribution in [0.15, 0.2) is 0 Å². The molecule has 0 aliphatic carbocycles. The summed E-state index contributed by atoms with van der Waals surface area (Å²) >= 11 is 0. The Morgan fingerprint density at radius 2 is 2.11 bits per heavy atom. The first kappa shape index (κ1) is 15.2. The lowest BCUT2D eigenvalue weighted by Crippen LogP contribution is -2.39. The highest BCUT2D eigenvalue weighted by atomic mass is 16.6. The van der Waals surface area contributed by atoms with E-state index in [0.29, 0.717) is 6.04 Å². The second kappa shape index (κ2) is 6.38. The van der Waals surface area contributed by atoms with Gasteiger partial charge in [0.1, 0.15) is 5.60 Å². The first-order valence-corrected chi connectivity index (χ1v) is 6.64. The Balaban J connectivity index is 2.26. The summed E-state index contributed by atoms with van der Waals surface area (Å²) in [7, 11) is 4.12. The minimum absolute atomic E-state index is 0.195. The summed E-state index contributed by atoms with van der Waals surface area (Å²) in [5.41, 5.74) is -0.409. The zero-order valence-corrected chi connectivity index (χ0v) is 12.3. The maximum Gasteiger partial charge on any atom is 0.410 e. The summed E-state index contributed by atoms with van der Waals surface area (Å²) in [5, 5.41) is 3.47. The number of carbonyl (C=O) groups is 1. The molecule has 1 amide bonds. The highest BCUT2D eigenvalue weighted by Crippen LogP contribution is 2.15. The number of hydrogen-bond acceptors (Lipinski definition) is 4. The van der Waals surface area contributed by atoms with Gasteiger partial charge in [-0.25, -0.2) is 4.79 Å². The van der Waals surface area contributed by atoms with E-state index in [4.69, 9.17) is 4.74 Å². The Bertz CT molecular complexity index is 274. The lowest BCUT2D eigenvalue weighted by molar-refractivity contribution is 0.0291. The molecule has 1 aliphatic heterocycles. The van der Waals surface area contributed by atoms with Crippen LogP contribution >= 0.6 is 0 Å². The average molecular weight is 257 g/mol. The van der Waals surface area contributed by atoms with Crippen molar-refractivity contribution in [1.29, 1.82) is 0 Å². The monoisotopic (exact) mass is 257 g/mol. The minimum Gasteiger partial charge on any atom is -0.444 e. The Labute approximate surface area is 110 Å². The van der Waals surface area contributed by atoms with Crippen LogP contribution < -0.4 is 5.32 Å². The van der Waals surface area contributed by atoms with E-state index in [0.717, 1.165) is 32.6 Å². The van der Waals surface area contributed by atoms with Crippen LogP contribution in [0.3, 0.4) is 0 Å². The second-order valence-corrected chi connectivity index (χ2v) is 6.17. The molecular weight excluding hydrogens is 230 g/mol. The number of likely N-dealkylation sites (tertiary alicyclic amines) is 1. The molecular formula is C13H27N3O2. The normalized spacial score (nSPS) is 20.6. The Hall–Kier alpha value is -0.810. The molecule has 1 aliphatic rings. The first-order valence-electron chi connectivity index (χ1n) is 6.64. The standard InChI is InChI=1S/C13H27N3O2/c1-13(2,3)18-12(17)16-8-6-11(10-16)14-7-9-15(4)5/h11,14H,6-10H2,1-5H3. The molecule has 5 heteroatoms. The molecule has 0 bridgehead atoms. The Kier molecular flexibility index (Phi) is 5.41. The van der Waals surface area contributed by atoms with Crippen LogP contribution in [0.2, 0.25) is 0 Å². The van der Waals surface area contributed by atoms with Gasteiger partial charge in [-0.2, -0.15) is 0 Å². The number of nitrogens with zero attached hydrogens (tertiary/aromatic N) is 2. The van der Waals surface area contributed by atoms with E-state index in [9.17, 15) is 4.79 Å². The smallest absolute Gasteiger partial charge is 0.410 e. The van der Waals surface area contributed by atoms with Gasteiger partial charge in [0.15, 0.2) is 0 Å². The Morgan fingerprint density at radius 1 is 1.44 bits per heavy atom. The van der Waals surface area contributed by atoms with Crippen LogP contribution in [0.4, 0.5) is 4.79 Å². The number of amides is 1. The van der Waals surface area contributed by atoms with Crippen LogP contribution in [0, 0.1) is 0 Å². The van der Waals surface area contributed by atoms with Crippen molar-refractivity contribution in [1.82, 2.24) is 15.1 Å². The molecule has 0 spiro atoms. The van der Waals surface area contributed by atoms with Crippen molar-refractivity contribution in [2.75, 3.05) is 40.3 Å². The van der Waals surface area contributed by atoms with Crippen molar-refractivity contribution in [3.8, 4) is 0 Å². The molecule has 0 radical (unpaired) electrons. The van der Waals surface area contributed by atoms with Crippen molar-refractivity contribution in [3.63, 3.8) is 0 Å². The summed E-state index contributed by atoms with van der Waals surface area (Å²) < 4.78 is 5.36. The third kappa shape index (κ3) is 5.69. The van der Waals surface area contributed by atoms with Gasteiger partial charge in [-0.3, -0.25) is 0 Å². The zero-order chi connectivity index (χ0) is 13.8. The molecule has 0 aromatic heterocycles. The van der Waals surface area contributed by atoms with Crippen molar-refractivity contribution < 1.29 is 9.53 Å². The summed E-state index contributed by atoms with van der Waals surface area (Å²) in [4.78, 5) is 15.8. The van der Waals surface area contributed by atoms with Crippen molar-refractivity contribution in [2.24, 2.45) is 0 Å². The van der Waals surface area contributed by atoms with E-state index in [1.165, 1.54) is 0 Å². The molecule has 0 aromatic rings. The molecule has 1 heterocycles. The third-order valence-corrected chi connectivity index (χ3v) is 2.83. The number of hydrogen-bond donors (Lipinski definition) is 1. The average Bonchev–Trinajstić information content (AvgIpc) is 2.63. The maximum atomic E-state index is 11.9. The molecule has 1 fully saturated rings. The molecule has 1 unspecified atom stereocenters. The number of ether oxygens (including phenoxy) is 1. The molecule has 18 heavy (non-hydrogen) atoms. The van der Waals surface area contributed by atoms with Crippen LogP contribution in [0.5, 0.6) is 0 Å². The maximum absolute atomic E-state index is 11.9. The molecule has 0 saturated carbocycles. The molecule has 5 nitrogen and oxygen atoms in total. The van der Waals surface area contributed by atoms with Gasteiger partial charge < -0.3 is 19.9 Å². The summed E-state index contributed by atoms with van der Waals surface area (Å²) in [6, 6.07) is 0.400. The van der Waals surface area contributed by atoms with E-state index >= 15 is 0 Å². The number of nitrogens with one attached hydrogen (secondary N) is 1. The quantitative estimate of drug-likeness (QED) is 0.820. The second-order valence-electron chi connectivity index (χ2n) is 6.17. The van der Waals surface area contributed by atoms with E-state index in [1.807, 2.05) is 20.8 Å². The van der Waals surface area contributed by atoms with Crippen molar-refractivity contribution in [3.05, 3.63) is 0 Å². The van der Waals surface area contributed by atoms with Gasteiger partial charge in [-0.15, -0.1) is 0 Å².